The Balaban J connectivity index is 1.73. The van der Waals surface area contributed by atoms with Gasteiger partial charge in [-0.25, -0.2) is 4.39 Å². The Morgan fingerprint density at radius 1 is 1.07 bits per heavy atom. The lowest BCUT2D eigenvalue weighted by atomic mass is 9.68. The summed E-state index contributed by atoms with van der Waals surface area (Å²) in [5.41, 5.74) is 4.15. The molecule has 0 spiro atoms. The number of nitrogens with one attached hydrogen (secondary N) is 1. The number of fused-ring (bicyclic) bond motifs is 2. The molecule has 0 saturated heterocycles. The van der Waals surface area contributed by atoms with Crippen molar-refractivity contribution in [3.63, 3.8) is 0 Å². The van der Waals surface area contributed by atoms with E-state index in [1.165, 1.54) is 12.1 Å². The Morgan fingerprint density at radius 2 is 1.82 bits per heavy atom. The maximum atomic E-state index is 14.1. The number of rotatable bonds is 1. The van der Waals surface area contributed by atoms with Crippen molar-refractivity contribution in [3.05, 3.63) is 64.6 Å². The quantitative estimate of drug-likeness (QED) is 0.773. The third kappa shape index (κ3) is 2.77. The van der Waals surface area contributed by atoms with Crippen LogP contribution in [0.25, 0.3) is 0 Å². The fourth-order valence-electron chi connectivity index (χ4n) is 4.58. The summed E-state index contributed by atoms with van der Waals surface area (Å²) < 4.78 is 25.6. The molecule has 2 aromatic rings. The second-order valence-corrected chi connectivity index (χ2v) is 8.53. The summed E-state index contributed by atoms with van der Waals surface area (Å²) in [5.74, 6) is 0.859. The first kappa shape index (κ1) is 17.3. The Labute approximate surface area is 163 Å². The summed E-state index contributed by atoms with van der Waals surface area (Å²) in [7, 11) is 0. The number of ketones is 1. The van der Waals surface area contributed by atoms with Gasteiger partial charge in [-0.1, -0.05) is 26.0 Å². The number of hydrogen-bond acceptors (Lipinski definition) is 4. The number of allylic oxidation sites excluding steroid dienone is 2. The van der Waals surface area contributed by atoms with E-state index in [1.807, 2.05) is 18.2 Å². The smallest absolute Gasteiger partial charge is 0.163 e. The molecule has 0 saturated carbocycles. The minimum Gasteiger partial charge on any atom is -0.486 e. The number of ether oxygens (including phenoxy) is 2. The van der Waals surface area contributed by atoms with Crippen LogP contribution in [0.15, 0.2) is 47.7 Å². The number of halogens is 1. The summed E-state index contributed by atoms with van der Waals surface area (Å²) in [5, 5.41) is 3.48. The molecule has 2 aliphatic heterocycles. The highest BCUT2D eigenvalue weighted by Crippen LogP contribution is 2.51. The first-order chi connectivity index (χ1) is 13.4. The molecule has 2 heterocycles. The highest BCUT2D eigenvalue weighted by atomic mass is 19.1. The van der Waals surface area contributed by atoms with Crippen LogP contribution in [0.4, 0.5) is 10.1 Å². The third-order valence-corrected chi connectivity index (χ3v) is 5.70. The average Bonchev–Trinajstić information content (AvgIpc) is 2.64. The van der Waals surface area contributed by atoms with Crippen LogP contribution in [-0.4, -0.2) is 19.0 Å². The van der Waals surface area contributed by atoms with E-state index in [2.05, 4.69) is 19.2 Å². The predicted molar refractivity (Wildman–Crippen MR) is 104 cm³/mol. The molecule has 4 nitrogen and oxygen atoms in total. The first-order valence-corrected chi connectivity index (χ1v) is 9.64. The van der Waals surface area contributed by atoms with E-state index in [0.717, 1.165) is 34.5 Å². The molecule has 0 radical (unpaired) electrons. The number of carbonyl (C=O) groups excluding carboxylic acids is 1. The van der Waals surface area contributed by atoms with Crippen LogP contribution in [0.2, 0.25) is 0 Å². The van der Waals surface area contributed by atoms with Gasteiger partial charge in [0.15, 0.2) is 17.3 Å². The van der Waals surface area contributed by atoms with E-state index in [9.17, 15) is 9.18 Å². The molecule has 0 aromatic heterocycles. The van der Waals surface area contributed by atoms with Gasteiger partial charge < -0.3 is 14.8 Å². The SMILES string of the molecule is CC1(C)CC(=O)C2=C(C1)Nc1cc3c(cc1C2c1cccc(F)c1)OCCO3. The molecular formula is C23H22FNO3. The number of benzene rings is 2. The second kappa shape index (κ2) is 6.09. The normalized spacial score (nSPS) is 22.2. The van der Waals surface area contributed by atoms with E-state index < -0.39 is 0 Å². The number of Topliss-reactive ketones (excluding diaryl/α,β-unsaturated/α-hetero) is 1. The maximum Gasteiger partial charge on any atom is 0.163 e. The van der Waals surface area contributed by atoms with E-state index in [0.29, 0.717) is 31.1 Å². The predicted octanol–water partition coefficient (Wildman–Crippen LogP) is 4.80. The molecule has 0 fully saturated rings. The molecular weight excluding hydrogens is 357 g/mol. The molecule has 144 valence electrons. The van der Waals surface area contributed by atoms with Gasteiger partial charge in [0.1, 0.15) is 19.0 Å². The van der Waals surface area contributed by atoms with Crippen LogP contribution >= 0.6 is 0 Å². The highest BCUT2D eigenvalue weighted by Gasteiger charge is 2.41. The molecule has 28 heavy (non-hydrogen) atoms. The molecule has 1 N–H and O–H groups in total. The van der Waals surface area contributed by atoms with E-state index in [1.54, 1.807) is 6.07 Å². The van der Waals surface area contributed by atoms with Gasteiger partial charge in [-0.15, -0.1) is 0 Å². The summed E-state index contributed by atoms with van der Waals surface area (Å²) >= 11 is 0. The molecule has 1 unspecified atom stereocenters. The van der Waals surface area contributed by atoms with Gasteiger partial charge >= 0.3 is 0 Å². The van der Waals surface area contributed by atoms with Crippen molar-refractivity contribution in [2.45, 2.75) is 32.6 Å². The van der Waals surface area contributed by atoms with Gasteiger partial charge in [0.25, 0.3) is 0 Å². The van der Waals surface area contributed by atoms with Gasteiger partial charge in [-0.2, -0.15) is 0 Å². The van der Waals surface area contributed by atoms with Gasteiger partial charge in [-0.3, -0.25) is 4.79 Å². The molecule has 5 heteroatoms. The maximum absolute atomic E-state index is 14.1. The molecule has 1 atom stereocenters. The van der Waals surface area contributed by atoms with Crippen LogP contribution in [0, 0.1) is 11.2 Å². The van der Waals surface area contributed by atoms with Gasteiger partial charge in [0, 0.05) is 35.4 Å². The van der Waals surface area contributed by atoms with Crippen molar-refractivity contribution in [1.29, 1.82) is 0 Å². The van der Waals surface area contributed by atoms with Crippen LogP contribution in [0.5, 0.6) is 11.5 Å². The van der Waals surface area contributed by atoms with E-state index in [-0.39, 0.29) is 22.9 Å². The lowest BCUT2D eigenvalue weighted by Gasteiger charge is -2.40. The fraction of sp³-hybridized carbons (Fsp3) is 0.348. The summed E-state index contributed by atoms with van der Waals surface area (Å²) in [6.07, 6.45) is 1.26. The van der Waals surface area contributed by atoms with Gasteiger partial charge in [0.2, 0.25) is 0 Å². The van der Waals surface area contributed by atoms with Gasteiger partial charge in [0.05, 0.1) is 0 Å². The topological polar surface area (TPSA) is 47.6 Å². The number of hydrogen-bond donors (Lipinski definition) is 1. The van der Waals surface area contributed by atoms with Crippen molar-refractivity contribution >= 4 is 11.5 Å². The van der Waals surface area contributed by atoms with Crippen molar-refractivity contribution in [2.24, 2.45) is 5.41 Å². The van der Waals surface area contributed by atoms with Crippen LogP contribution in [-0.2, 0) is 4.79 Å². The van der Waals surface area contributed by atoms with Crippen molar-refractivity contribution in [2.75, 3.05) is 18.5 Å². The molecule has 0 amide bonds. The minimum absolute atomic E-state index is 0.110. The minimum atomic E-state index is -0.318. The third-order valence-electron chi connectivity index (χ3n) is 5.70. The average molecular weight is 379 g/mol. The zero-order chi connectivity index (χ0) is 19.5. The molecule has 3 aliphatic rings. The van der Waals surface area contributed by atoms with Gasteiger partial charge in [-0.05, 0) is 41.2 Å². The van der Waals surface area contributed by atoms with Crippen LogP contribution in [0.1, 0.15) is 43.7 Å². The molecule has 1 aliphatic carbocycles. The lowest BCUT2D eigenvalue weighted by Crippen LogP contribution is -2.34. The van der Waals surface area contributed by atoms with Crippen molar-refractivity contribution in [1.82, 2.24) is 0 Å². The van der Waals surface area contributed by atoms with Crippen LogP contribution in [0.3, 0.4) is 0 Å². The Hall–Kier alpha value is -2.82. The largest absolute Gasteiger partial charge is 0.486 e. The monoisotopic (exact) mass is 379 g/mol. The zero-order valence-electron chi connectivity index (χ0n) is 16.0. The van der Waals surface area contributed by atoms with E-state index in [4.69, 9.17) is 9.47 Å². The molecule has 0 bridgehead atoms. The Morgan fingerprint density at radius 3 is 2.57 bits per heavy atom. The second-order valence-electron chi connectivity index (χ2n) is 8.53. The van der Waals surface area contributed by atoms with Crippen molar-refractivity contribution < 1.29 is 18.7 Å². The standard InChI is InChI=1S/C23H22FNO3/c1-23(2)11-17-22(18(26)12-23)21(13-4-3-5-14(24)8-13)15-9-19-20(10-16(15)25-17)28-7-6-27-19/h3-5,8-10,21,25H,6-7,11-12H2,1-2H3. The summed E-state index contributed by atoms with van der Waals surface area (Å²) in [4.78, 5) is 13.2. The summed E-state index contributed by atoms with van der Waals surface area (Å²) in [6, 6.07) is 10.4. The highest BCUT2D eigenvalue weighted by molar-refractivity contribution is 6.01. The summed E-state index contributed by atoms with van der Waals surface area (Å²) in [6.45, 7) is 5.21. The molecule has 5 rings (SSSR count). The van der Waals surface area contributed by atoms with E-state index >= 15 is 0 Å². The first-order valence-electron chi connectivity index (χ1n) is 9.64. The van der Waals surface area contributed by atoms with Crippen molar-refractivity contribution in [3.8, 4) is 11.5 Å². The fourth-order valence-corrected chi connectivity index (χ4v) is 4.58. The zero-order valence-corrected chi connectivity index (χ0v) is 16.0. The number of anilines is 1. The Kier molecular flexibility index (Phi) is 3.76. The van der Waals surface area contributed by atoms with Crippen LogP contribution < -0.4 is 14.8 Å². The Bertz CT molecular complexity index is 1020. The number of carbonyl (C=O) groups is 1. The lowest BCUT2D eigenvalue weighted by molar-refractivity contribution is -0.118. The molecule has 2 aromatic carbocycles.